The summed E-state index contributed by atoms with van der Waals surface area (Å²) in [5.41, 5.74) is 0. The molecule has 0 radical (unpaired) electrons. The number of aromatic amines is 1. The van der Waals surface area contributed by atoms with Crippen molar-refractivity contribution in [2.75, 3.05) is 7.11 Å². The summed E-state index contributed by atoms with van der Waals surface area (Å²) < 4.78 is 25.6. The molecule has 0 spiro atoms. The fourth-order valence-corrected chi connectivity index (χ4v) is 0.829. The maximum atomic E-state index is 10.6. The number of rotatable bonds is 2. The van der Waals surface area contributed by atoms with Gasteiger partial charge in [0.05, 0.1) is 7.11 Å². The van der Waals surface area contributed by atoms with Crippen LogP contribution in [0.3, 0.4) is 0 Å². The van der Waals surface area contributed by atoms with Crippen molar-refractivity contribution in [2.24, 2.45) is 5.14 Å². The summed E-state index contributed by atoms with van der Waals surface area (Å²) in [6.07, 6.45) is 0. The van der Waals surface area contributed by atoms with Crippen molar-refractivity contribution < 1.29 is 13.2 Å². The third-order valence-corrected chi connectivity index (χ3v) is 1.62. The average Bonchev–Trinajstić information content (AvgIpc) is 2.32. The predicted molar refractivity (Wildman–Crippen MR) is 34.3 cm³/mol. The number of methoxy groups -OCH3 is 1. The fourth-order valence-electron chi connectivity index (χ4n) is 0.451. The molecule has 0 aliphatic rings. The number of nitrogens with one attached hydrogen (secondary N) is 1. The van der Waals surface area contributed by atoms with Gasteiger partial charge in [-0.1, -0.05) is 0 Å². The molecule has 0 saturated carbocycles. The van der Waals surface area contributed by atoms with Gasteiger partial charge in [0.25, 0.3) is 15.2 Å². The van der Waals surface area contributed by atoms with Gasteiger partial charge in [-0.2, -0.15) is 4.98 Å². The zero-order chi connectivity index (χ0) is 8.48. The normalized spacial score (nSPS) is 11.5. The van der Waals surface area contributed by atoms with Crippen molar-refractivity contribution in [3.05, 3.63) is 0 Å². The lowest BCUT2D eigenvalue weighted by Gasteiger charge is -1.86. The first-order valence-corrected chi connectivity index (χ1v) is 4.08. The number of H-pyrrole nitrogens is 1. The predicted octanol–water partition coefficient (Wildman–Crippen LogP) is -1.54. The highest BCUT2D eigenvalue weighted by Gasteiger charge is 2.13. The van der Waals surface area contributed by atoms with E-state index in [9.17, 15) is 8.42 Å². The Hall–Kier alpha value is -1.15. The standard InChI is InChI=1S/C3H6N4O3S/c1-10-2-5-3(7-6-2)11(4,8)9/h1H3,(H2,4,8,9)(H,5,6,7). The largest absolute Gasteiger partial charge is 0.466 e. The van der Waals surface area contributed by atoms with Crippen LogP contribution in [-0.2, 0) is 10.0 Å². The van der Waals surface area contributed by atoms with Crippen LogP contribution >= 0.6 is 0 Å². The Morgan fingerprint density at radius 3 is 2.55 bits per heavy atom. The molecule has 8 heteroatoms. The maximum absolute atomic E-state index is 10.6. The molecule has 1 rings (SSSR count). The molecule has 0 amide bonds. The molecular weight excluding hydrogens is 172 g/mol. The van der Waals surface area contributed by atoms with Gasteiger partial charge >= 0.3 is 6.01 Å². The molecule has 62 valence electrons. The number of nitrogens with zero attached hydrogens (tertiary/aromatic N) is 2. The summed E-state index contributed by atoms with van der Waals surface area (Å²) in [6, 6.07) is -0.0611. The second kappa shape index (κ2) is 2.47. The van der Waals surface area contributed by atoms with Crippen molar-refractivity contribution >= 4 is 10.0 Å². The van der Waals surface area contributed by atoms with E-state index in [0.717, 1.165) is 0 Å². The highest BCUT2D eigenvalue weighted by atomic mass is 32.2. The number of aromatic nitrogens is 3. The molecule has 0 saturated heterocycles. The lowest BCUT2D eigenvalue weighted by Crippen LogP contribution is -2.13. The zero-order valence-corrected chi connectivity index (χ0v) is 6.42. The minimum atomic E-state index is -3.80. The maximum Gasteiger partial charge on any atom is 0.336 e. The second-order valence-corrected chi connectivity index (χ2v) is 3.15. The number of ether oxygens (including phenoxy) is 1. The van der Waals surface area contributed by atoms with Crippen LogP contribution in [-0.4, -0.2) is 30.7 Å². The molecule has 0 fully saturated rings. The Morgan fingerprint density at radius 1 is 1.64 bits per heavy atom. The van der Waals surface area contributed by atoms with E-state index in [0.29, 0.717) is 0 Å². The molecule has 1 aromatic heterocycles. The molecule has 0 aliphatic carbocycles. The Balaban J connectivity index is 3.09. The Morgan fingerprint density at radius 2 is 2.27 bits per heavy atom. The van der Waals surface area contributed by atoms with E-state index in [1.165, 1.54) is 7.11 Å². The van der Waals surface area contributed by atoms with Crippen molar-refractivity contribution in [1.82, 2.24) is 15.2 Å². The molecule has 0 aliphatic heterocycles. The van der Waals surface area contributed by atoms with Crippen LogP contribution in [0.1, 0.15) is 0 Å². The van der Waals surface area contributed by atoms with E-state index in [2.05, 4.69) is 19.9 Å². The van der Waals surface area contributed by atoms with Gasteiger partial charge in [0, 0.05) is 0 Å². The Kier molecular flexibility index (Phi) is 1.79. The van der Waals surface area contributed by atoms with E-state index >= 15 is 0 Å². The number of hydrogen-bond acceptors (Lipinski definition) is 5. The first kappa shape index (κ1) is 7.95. The minimum Gasteiger partial charge on any atom is -0.466 e. The lowest BCUT2D eigenvalue weighted by molar-refractivity contribution is 0.381. The highest BCUT2D eigenvalue weighted by molar-refractivity contribution is 7.89. The van der Waals surface area contributed by atoms with Gasteiger partial charge < -0.3 is 4.74 Å². The molecular formula is C3H6N4O3S. The number of sulfonamides is 1. The molecule has 0 unspecified atom stereocenters. The van der Waals surface area contributed by atoms with Crippen LogP contribution in [0.4, 0.5) is 0 Å². The lowest BCUT2D eigenvalue weighted by atomic mass is 11.2. The average molecular weight is 178 g/mol. The summed E-state index contributed by atoms with van der Waals surface area (Å²) in [4.78, 5) is 3.40. The summed E-state index contributed by atoms with van der Waals surface area (Å²) in [7, 11) is -2.49. The molecule has 0 bridgehead atoms. The van der Waals surface area contributed by atoms with Gasteiger partial charge in [-0.3, -0.25) is 0 Å². The monoisotopic (exact) mass is 178 g/mol. The zero-order valence-electron chi connectivity index (χ0n) is 5.60. The third kappa shape index (κ3) is 1.65. The van der Waals surface area contributed by atoms with Gasteiger partial charge in [0.2, 0.25) is 0 Å². The summed E-state index contributed by atoms with van der Waals surface area (Å²) in [5.74, 6) is 0. The van der Waals surface area contributed by atoms with Crippen molar-refractivity contribution in [3.8, 4) is 6.01 Å². The smallest absolute Gasteiger partial charge is 0.336 e. The van der Waals surface area contributed by atoms with E-state index in [4.69, 9.17) is 5.14 Å². The summed E-state index contributed by atoms with van der Waals surface area (Å²) >= 11 is 0. The molecule has 3 N–H and O–H groups in total. The quantitative estimate of drug-likeness (QED) is 0.570. The first-order chi connectivity index (χ1) is 5.04. The highest BCUT2D eigenvalue weighted by Crippen LogP contribution is 2.02. The van der Waals surface area contributed by atoms with Gasteiger partial charge in [0.1, 0.15) is 0 Å². The molecule has 11 heavy (non-hydrogen) atoms. The van der Waals surface area contributed by atoms with Gasteiger partial charge in [-0.05, 0) is 0 Å². The van der Waals surface area contributed by atoms with Crippen LogP contribution < -0.4 is 9.88 Å². The van der Waals surface area contributed by atoms with Crippen molar-refractivity contribution in [3.63, 3.8) is 0 Å². The molecule has 1 heterocycles. The van der Waals surface area contributed by atoms with Gasteiger partial charge in [-0.25, -0.2) is 18.7 Å². The summed E-state index contributed by atoms with van der Waals surface area (Å²) in [6.45, 7) is 0. The minimum absolute atomic E-state index is 0.0611. The van der Waals surface area contributed by atoms with Gasteiger partial charge in [-0.15, -0.1) is 5.10 Å². The van der Waals surface area contributed by atoms with Crippen molar-refractivity contribution in [2.45, 2.75) is 5.16 Å². The molecule has 7 nitrogen and oxygen atoms in total. The van der Waals surface area contributed by atoms with Crippen LogP contribution in [0.15, 0.2) is 5.16 Å². The number of primary sulfonamides is 1. The topological polar surface area (TPSA) is 111 Å². The Labute approximate surface area is 62.6 Å². The summed E-state index contributed by atoms with van der Waals surface area (Å²) in [5, 5.41) is 9.78. The number of hydrogen-bond donors (Lipinski definition) is 2. The van der Waals surface area contributed by atoms with Crippen molar-refractivity contribution in [1.29, 1.82) is 0 Å². The fraction of sp³-hybridized carbons (Fsp3) is 0.333. The number of nitrogens with two attached hydrogens (primary N) is 1. The van der Waals surface area contributed by atoms with Crippen LogP contribution in [0.25, 0.3) is 0 Å². The second-order valence-electron chi connectivity index (χ2n) is 1.67. The Bertz CT molecular complexity index is 341. The van der Waals surface area contributed by atoms with E-state index < -0.39 is 15.2 Å². The van der Waals surface area contributed by atoms with E-state index in [1.54, 1.807) is 0 Å². The van der Waals surface area contributed by atoms with E-state index in [-0.39, 0.29) is 6.01 Å². The third-order valence-electron chi connectivity index (χ3n) is 0.896. The molecule has 0 aromatic carbocycles. The molecule has 1 aromatic rings. The van der Waals surface area contributed by atoms with Gasteiger partial charge in [0.15, 0.2) is 0 Å². The molecule has 0 atom stereocenters. The van der Waals surface area contributed by atoms with Crippen LogP contribution in [0.5, 0.6) is 6.01 Å². The van der Waals surface area contributed by atoms with Crippen LogP contribution in [0, 0.1) is 0 Å². The van der Waals surface area contributed by atoms with E-state index in [1.807, 2.05) is 0 Å². The first-order valence-electron chi connectivity index (χ1n) is 2.53. The SMILES string of the molecule is COc1n[nH]c(S(N)(=O)=O)n1. The van der Waals surface area contributed by atoms with Crippen LogP contribution in [0.2, 0.25) is 0 Å².